The van der Waals surface area contributed by atoms with Gasteiger partial charge in [0.25, 0.3) is 0 Å². The third kappa shape index (κ3) is 3.93. The Bertz CT molecular complexity index is 406. The van der Waals surface area contributed by atoms with Crippen LogP contribution in [0.5, 0.6) is 0 Å². The first-order valence-electron chi connectivity index (χ1n) is 4.98. The molecule has 4 heteroatoms. The lowest BCUT2D eigenvalue weighted by Gasteiger charge is -2.12. The molecule has 0 fully saturated rings. The van der Waals surface area contributed by atoms with Crippen LogP contribution in [0.25, 0.3) is 0 Å². The largest absolute Gasteiger partial charge is 0.273 e. The van der Waals surface area contributed by atoms with Crippen molar-refractivity contribution in [2.45, 2.75) is 13.3 Å². The number of nitriles is 1. The van der Waals surface area contributed by atoms with E-state index in [1.165, 1.54) is 11.9 Å². The van der Waals surface area contributed by atoms with Crippen molar-refractivity contribution < 1.29 is 4.79 Å². The summed E-state index contributed by atoms with van der Waals surface area (Å²) in [4.78, 5) is 11.2. The molecule has 0 aliphatic carbocycles. The van der Waals surface area contributed by atoms with Crippen molar-refractivity contribution in [3.8, 4) is 6.07 Å². The number of hydrogen-bond acceptors (Lipinski definition) is 3. The molecule has 1 aromatic rings. The highest BCUT2D eigenvalue weighted by atomic mass is 16.2. The zero-order chi connectivity index (χ0) is 11.8. The fraction of sp³-hybridized carbons (Fsp3) is 0.250. The van der Waals surface area contributed by atoms with E-state index in [2.05, 4.69) is 5.10 Å². The minimum absolute atomic E-state index is 0.164. The van der Waals surface area contributed by atoms with Crippen molar-refractivity contribution in [2.24, 2.45) is 5.10 Å². The summed E-state index contributed by atoms with van der Waals surface area (Å²) < 4.78 is 0. The molecule has 1 rings (SSSR count). The van der Waals surface area contributed by atoms with E-state index in [1.807, 2.05) is 36.4 Å². The molecule has 1 amide bonds. The molecule has 0 atom stereocenters. The van der Waals surface area contributed by atoms with E-state index in [-0.39, 0.29) is 12.3 Å². The first kappa shape index (κ1) is 11.9. The Kier molecular flexibility index (Phi) is 4.74. The summed E-state index contributed by atoms with van der Waals surface area (Å²) in [6, 6.07) is 11.5. The minimum Gasteiger partial charge on any atom is -0.273 e. The maximum atomic E-state index is 11.2. The third-order valence-corrected chi connectivity index (χ3v) is 1.94. The van der Waals surface area contributed by atoms with Crippen molar-refractivity contribution in [1.82, 2.24) is 5.01 Å². The van der Waals surface area contributed by atoms with Gasteiger partial charge in [0, 0.05) is 6.92 Å². The number of carbonyl (C=O) groups excluding carboxylic acids is 1. The van der Waals surface area contributed by atoms with Crippen LogP contribution in [0, 0.1) is 11.3 Å². The van der Waals surface area contributed by atoms with E-state index in [0.29, 0.717) is 6.54 Å². The van der Waals surface area contributed by atoms with Crippen molar-refractivity contribution in [1.29, 1.82) is 5.26 Å². The maximum Gasteiger partial charge on any atom is 0.239 e. The van der Waals surface area contributed by atoms with Gasteiger partial charge < -0.3 is 0 Å². The fourth-order valence-corrected chi connectivity index (χ4v) is 1.13. The number of carbonyl (C=O) groups is 1. The molecule has 0 bridgehead atoms. The fourth-order valence-electron chi connectivity index (χ4n) is 1.13. The molecule has 0 heterocycles. The quantitative estimate of drug-likeness (QED) is 0.568. The summed E-state index contributed by atoms with van der Waals surface area (Å²) in [6.07, 6.45) is 1.89. The summed E-state index contributed by atoms with van der Waals surface area (Å²) in [5, 5.41) is 13.8. The van der Waals surface area contributed by atoms with Crippen LogP contribution in [-0.4, -0.2) is 23.7 Å². The first-order chi connectivity index (χ1) is 7.74. The van der Waals surface area contributed by atoms with Gasteiger partial charge in [-0.15, -0.1) is 0 Å². The molecule has 0 spiro atoms. The smallest absolute Gasteiger partial charge is 0.239 e. The minimum atomic E-state index is -0.164. The van der Waals surface area contributed by atoms with Crippen LogP contribution in [0.1, 0.15) is 18.9 Å². The van der Waals surface area contributed by atoms with Gasteiger partial charge in [-0.1, -0.05) is 30.3 Å². The average molecular weight is 215 g/mol. The Hall–Kier alpha value is -2.15. The number of hydrogen-bond donors (Lipinski definition) is 0. The number of hydrazone groups is 1. The van der Waals surface area contributed by atoms with Gasteiger partial charge in [-0.2, -0.15) is 10.4 Å². The molecule has 16 heavy (non-hydrogen) atoms. The molecule has 0 radical (unpaired) electrons. The summed E-state index contributed by atoms with van der Waals surface area (Å²) in [5.74, 6) is -0.164. The SMILES string of the molecule is CC(=O)N(CCC#N)/N=C/c1ccccc1. The highest BCUT2D eigenvalue weighted by Crippen LogP contribution is 1.97. The van der Waals surface area contributed by atoms with Gasteiger partial charge in [0.05, 0.1) is 25.2 Å². The van der Waals surface area contributed by atoms with E-state index in [1.54, 1.807) is 6.21 Å². The standard InChI is InChI=1S/C12H13N3O/c1-11(16)15(9-5-8-13)14-10-12-6-3-2-4-7-12/h2-4,6-7,10H,5,9H2,1H3/b14-10+. The van der Waals surface area contributed by atoms with Gasteiger partial charge in [0.15, 0.2) is 0 Å². The van der Waals surface area contributed by atoms with Gasteiger partial charge >= 0.3 is 0 Å². The third-order valence-electron chi connectivity index (χ3n) is 1.94. The molecule has 0 saturated carbocycles. The summed E-state index contributed by atoms with van der Waals surface area (Å²) in [5.41, 5.74) is 0.922. The molecule has 0 aliphatic heterocycles. The lowest BCUT2D eigenvalue weighted by Crippen LogP contribution is -2.24. The van der Waals surface area contributed by atoms with E-state index < -0.39 is 0 Å². The first-order valence-corrected chi connectivity index (χ1v) is 4.98. The second-order valence-corrected chi connectivity index (χ2v) is 3.21. The monoisotopic (exact) mass is 215 g/mol. The summed E-state index contributed by atoms with van der Waals surface area (Å²) in [6.45, 7) is 1.76. The zero-order valence-corrected chi connectivity index (χ0v) is 9.13. The van der Waals surface area contributed by atoms with Crippen molar-refractivity contribution >= 4 is 12.1 Å². The highest BCUT2D eigenvalue weighted by Gasteiger charge is 2.04. The van der Waals surface area contributed by atoms with Crippen LogP contribution in [0.4, 0.5) is 0 Å². The predicted molar refractivity (Wildman–Crippen MR) is 61.7 cm³/mol. The van der Waals surface area contributed by atoms with Crippen molar-refractivity contribution in [3.63, 3.8) is 0 Å². The van der Waals surface area contributed by atoms with Crippen molar-refractivity contribution in [3.05, 3.63) is 35.9 Å². The predicted octanol–water partition coefficient (Wildman–Crippen LogP) is 1.78. The molecule has 0 aliphatic rings. The van der Waals surface area contributed by atoms with E-state index in [9.17, 15) is 4.79 Å². The molecule has 4 nitrogen and oxygen atoms in total. The second-order valence-electron chi connectivity index (χ2n) is 3.21. The molecule has 0 N–H and O–H groups in total. The molecular formula is C12H13N3O. The Morgan fingerprint density at radius 2 is 2.19 bits per heavy atom. The van der Waals surface area contributed by atoms with Gasteiger partial charge in [0.1, 0.15) is 0 Å². The lowest BCUT2D eigenvalue weighted by molar-refractivity contribution is -0.128. The molecule has 0 unspecified atom stereocenters. The van der Waals surface area contributed by atoms with Crippen LogP contribution in [-0.2, 0) is 4.79 Å². The molecule has 0 aromatic heterocycles. The molecule has 0 saturated heterocycles. The number of nitrogens with zero attached hydrogens (tertiary/aromatic N) is 3. The van der Waals surface area contributed by atoms with E-state index in [0.717, 1.165) is 5.56 Å². The van der Waals surface area contributed by atoms with Crippen LogP contribution in [0.3, 0.4) is 0 Å². The highest BCUT2D eigenvalue weighted by molar-refractivity contribution is 5.81. The zero-order valence-electron chi connectivity index (χ0n) is 9.13. The van der Waals surface area contributed by atoms with Crippen LogP contribution in [0.15, 0.2) is 35.4 Å². The van der Waals surface area contributed by atoms with E-state index in [4.69, 9.17) is 5.26 Å². The Morgan fingerprint density at radius 3 is 2.75 bits per heavy atom. The summed E-state index contributed by atoms with van der Waals surface area (Å²) >= 11 is 0. The normalized spacial score (nSPS) is 10.0. The second kappa shape index (κ2) is 6.36. The molecule has 82 valence electrons. The number of benzene rings is 1. The van der Waals surface area contributed by atoms with Crippen molar-refractivity contribution in [2.75, 3.05) is 6.54 Å². The Balaban J connectivity index is 2.65. The summed E-state index contributed by atoms with van der Waals surface area (Å²) in [7, 11) is 0. The molecular weight excluding hydrogens is 202 g/mol. The topological polar surface area (TPSA) is 56.5 Å². The Labute approximate surface area is 94.8 Å². The Morgan fingerprint density at radius 1 is 1.50 bits per heavy atom. The average Bonchev–Trinajstić information content (AvgIpc) is 2.30. The van der Waals surface area contributed by atoms with Crippen LogP contribution in [0.2, 0.25) is 0 Å². The van der Waals surface area contributed by atoms with Gasteiger partial charge in [-0.05, 0) is 5.56 Å². The van der Waals surface area contributed by atoms with Gasteiger partial charge in [-0.3, -0.25) is 4.79 Å². The van der Waals surface area contributed by atoms with E-state index >= 15 is 0 Å². The van der Waals surface area contributed by atoms with Gasteiger partial charge in [0.2, 0.25) is 5.91 Å². The maximum absolute atomic E-state index is 11.2. The number of rotatable bonds is 4. The number of amides is 1. The lowest BCUT2D eigenvalue weighted by atomic mass is 10.2. The van der Waals surface area contributed by atoms with Gasteiger partial charge in [-0.25, -0.2) is 5.01 Å². The molecule has 1 aromatic carbocycles. The van der Waals surface area contributed by atoms with Crippen LogP contribution < -0.4 is 0 Å². The van der Waals surface area contributed by atoms with Crippen LogP contribution >= 0.6 is 0 Å².